The second-order valence-electron chi connectivity index (χ2n) is 23.0. The summed E-state index contributed by atoms with van der Waals surface area (Å²) in [6.07, 6.45) is 8.84. The SMILES string of the molecule is CC.CCCCCCCc1ccc(C(=O)c2ccc(C(=O)Oc3ccc(C)cc3)cc2)cc1.CCc1ccc(OC(=O)c2ccc(C(=O)c3ccc(CC)cc3)cc2)cc1.[C-]#[N+]c1ccc(OC(=C)c2ccc(OC(=O)CCC(=O)Oc3ccc(C(=O)c4ccc(C#N)cc4)cc3)cc2)cc1. The molecule has 0 aliphatic heterocycles. The highest BCUT2D eigenvalue weighted by atomic mass is 16.5. The Morgan fingerprint density at radius 3 is 1.08 bits per heavy atom. The van der Waals surface area contributed by atoms with Crippen LogP contribution in [0.3, 0.4) is 0 Å². The minimum Gasteiger partial charge on any atom is -0.457 e. The fraction of sp³-hybridized carbons (Fsp3) is 0.184. The molecule has 0 spiro atoms. The number of carbonyl (C=O) groups is 7. The zero-order chi connectivity index (χ0) is 72.5. The molecule has 101 heavy (non-hydrogen) atoms. The number of ether oxygens (including phenoxy) is 5. The van der Waals surface area contributed by atoms with Gasteiger partial charge in [0.1, 0.15) is 34.5 Å². The molecule has 14 nitrogen and oxygen atoms in total. The Kier molecular flexibility index (Phi) is 29.9. The van der Waals surface area contributed by atoms with Gasteiger partial charge >= 0.3 is 23.9 Å². The van der Waals surface area contributed by atoms with E-state index in [9.17, 15) is 33.6 Å². The molecule has 0 fully saturated rings. The lowest BCUT2D eigenvalue weighted by atomic mass is 9.99. The first-order valence-corrected chi connectivity index (χ1v) is 33.6. The molecule has 14 heteroatoms. The summed E-state index contributed by atoms with van der Waals surface area (Å²) in [5, 5.41) is 8.88. The first-order valence-electron chi connectivity index (χ1n) is 33.6. The van der Waals surface area contributed by atoms with E-state index in [1.165, 1.54) is 73.1 Å². The van der Waals surface area contributed by atoms with E-state index in [2.05, 4.69) is 32.2 Å². The Morgan fingerprint density at radius 1 is 0.376 bits per heavy atom. The molecular formula is C87H80N2O12. The van der Waals surface area contributed by atoms with E-state index in [1.807, 2.05) is 99.6 Å². The molecule has 0 saturated heterocycles. The number of benzene rings is 10. The Hall–Kier alpha value is -12.4. The summed E-state index contributed by atoms with van der Waals surface area (Å²) in [4.78, 5) is 90.3. The van der Waals surface area contributed by atoms with Gasteiger partial charge in [-0.25, -0.2) is 14.4 Å². The van der Waals surface area contributed by atoms with E-state index in [4.69, 9.17) is 35.5 Å². The number of carbonyl (C=O) groups excluding carboxylic acids is 7. The van der Waals surface area contributed by atoms with Crippen molar-refractivity contribution >= 4 is 52.7 Å². The van der Waals surface area contributed by atoms with Crippen molar-refractivity contribution in [2.24, 2.45) is 0 Å². The number of nitriles is 1. The third-order valence-corrected chi connectivity index (χ3v) is 15.7. The molecule has 0 atom stereocenters. The minimum atomic E-state index is -0.624. The van der Waals surface area contributed by atoms with Gasteiger partial charge < -0.3 is 23.7 Å². The van der Waals surface area contributed by atoms with Crippen LogP contribution in [0.2, 0.25) is 0 Å². The standard InChI is InChI=1S/C33H22N2O6.C28H30O3.C24H22O3.C2H6/c1-22(39-28-17-11-27(35-2)12-18-28)24-7-13-29(14-8-24)40-31(36)19-20-32(37)41-30-15-9-26(10-16-30)33(38)25-5-3-23(21-34)4-6-25;1-3-4-5-6-7-8-22-11-13-23(14-12-22)27(29)24-15-17-25(18-16-24)28(30)31-26-19-9-21(2)10-20-26;1-3-17-5-9-19(10-6-17)23(25)20-11-13-21(14-12-20)24(26)27-22-15-7-18(4-2)8-16-22;1-2/h3-18H,1,19-20H2;9-20H,3-8H2,1-2H3;5-16H,3-4H2,1-2H3;1-2H3. The minimum absolute atomic E-state index is 0.0482. The summed E-state index contributed by atoms with van der Waals surface area (Å²) >= 11 is 0. The fourth-order valence-electron chi connectivity index (χ4n) is 9.83. The van der Waals surface area contributed by atoms with Crippen LogP contribution in [0.1, 0.15) is 181 Å². The van der Waals surface area contributed by atoms with Crippen molar-refractivity contribution in [2.75, 3.05) is 0 Å². The average molecular weight is 1350 g/mol. The Labute approximate surface area is 591 Å². The number of hydrogen-bond acceptors (Lipinski definition) is 13. The molecule has 10 aromatic carbocycles. The Morgan fingerprint density at radius 2 is 0.683 bits per heavy atom. The zero-order valence-corrected chi connectivity index (χ0v) is 57.7. The van der Waals surface area contributed by atoms with E-state index in [0.29, 0.717) is 90.1 Å². The molecule has 0 amide bonds. The lowest BCUT2D eigenvalue weighted by Crippen LogP contribution is -2.14. The summed E-state index contributed by atoms with van der Waals surface area (Å²) in [7, 11) is 0. The molecule has 0 aliphatic carbocycles. The van der Waals surface area contributed by atoms with Gasteiger partial charge in [0.15, 0.2) is 23.0 Å². The molecule has 10 rings (SSSR count). The van der Waals surface area contributed by atoms with E-state index in [-0.39, 0.29) is 35.9 Å². The van der Waals surface area contributed by atoms with Crippen LogP contribution in [0, 0.1) is 24.8 Å². The highest BCUT2D eigenvalue weighted by Gasteiger charge is 2.17. The number of hydrogen-bond donors (Lipinski definition) is 0. The van der Waals surface area contributed by atoms with Crippen molar-refractivity contribution in [3.63, 3.8) is 0 Å². The van der Waals surface area contributed by atoms with E-state index >= 15 is 0 Å². The molecule has 0 unspecified atom stereocenters. The van der Waals surface area contributed by atoms with Gasteiger partial charge in [0.05, 0.1) is 42.2 Å². The highest BCUT2D eigenvalue weighted by molar-refractivity contribution is 6.10. The van der Waals surface area contributed by atoms with Crippen LogP contribution in [0.15, 0.2) is 249 Å². The largest absolute Gasteiger partial charge is 0.457 e. The lowest BCUT2D eigenvalue weighted by Gasteiger charge is -2.10. The van der Waals surface area contributed by atoms with Crippen LogP contribution in [0.4, 0.5) is 5.69 Å². The zero-order valence-electron chi connectivity index (χ0n) is 57.7. The second kappa shape index (κ2) is 39.7. The van der Waals surface area contributed by atoms with Crippen molar-refractivity contribution in [1.82, 2.24) is 0 Å². The van der Waals surface area contributed by atoms with Crippen LogP contribution < -0.4 is 23.7 Å². The molecule has 0 saturated carbocycles. The summed E-state index contributed by atoms with van der Waals surface area (Å²) in [5.41, 5.74) is 10.4. The fourth-order valence-corrected chi connectivity index (χ4v) is 9.83. The van der Waals surface area contributed by atoms with Crippen LogP contribution in [0.5, 0.6) is 28.7 Å². The van der Waals surface area contributed by atoms with E-state index in [1.54, 1.807) is 146 Å². The predicted octanol–water partition coefficient (Wildman–Crippen LogP) is 19.9. The van der Waals surface area contributed by atoms with Gasteiger partial charge in [-0.2, -0.15) is 5.26 Å². The topological polar surface area (TPSA) is 194 Å². The third kappa shape index (κ3) is 24.0. The van der Waals surface area contributed by atoms with E-state index in [0.717, 1.165) is 24.8 Å². The number of esters is 4. The monoisotopic (exact) mass is 1340 g/mol. The van der Waals surface area contributed by atoms with Crippen LogP contribution in [-0.2, 0) is 28.9 Å². The van der Waals surface area contributed by atoms with Gasteiger partial charge in [0.25, 0.3) is 0 Å². The summed E-state index contributed by atoms with van der Waals surface area (Å²) in [6.45, 7) is 23.2. The van der Waals surface area contributed by atoms with Gasteiger partial charge in [-0.15, -0.1) is 0 Å². The van der Waals surface area contributed by atoms with Crippen LogP contribution in [0.25, 0.3) is 10.6 Å². The molecule has 0 aromatic heterocycles. The molecule has 0 aliphatic rings. The smallest absolute Gasteiger partial charge is 0.343 e. The number of unbranched alkanes of at least 4 members (excludes halogenated alkanes) is 4. The Bertz CT molecular complexity index is 4470. The Balaban J connectivity index is 0.000000215. The normalized spacial score (nSPS) is 10.2. The quantitative estimate of drug-likeness (QED) is 0.0124. The first kappa shape index (κ1) is 76.0. The van der Waals surface area contributed by atoms with Gasteiger partial charge in [0, 0.05) is 38.9 Å². The molecule has 0 radical (unpaired) electrons. The maximum atomic E-state index is 12.8. The third-order valence-electron chi connectivity index (χ3n) is 15.7. The van der Waals surface area contributed by atoms with E-state index < -0.39 is 23.9 Å². The summed E-state index contributed by atoms with van der Waals surface area (Å²) < 4.78 is 27.0. The average Bonchev–Trinajstić information content (AvgIpc) is 0.867. The van der Waals surface area contributed by atoms with Crippen LogP contribution in [-0.4, -0.2) is 41.2 Å². The van der Waals surface area contributed by atoms with Crippen molar-refractivity contribution < 1.29 is 57.2 Å². The van der Waals surface area contributed by atoms with Gasteiger partial charge in [-0.05, 0) is 183 Å². The molecule has 0 bridgehead atoms. The van der Waals surface area contributed by atoms with Crippen molar-refractivity contribution in [2.45, 2.75) is 106 Å². The lowest BCUT2D eigenvalue weighted by molar-refractivity contribution is -0.140. The van der Waals surface area contributed by atoms with Gasteiger partial charge in [-0.3, -0.25) is 24.0 Å². The second-order valence-corrected chi connectivity index (χ2v) is 23.0. The molecule has 0 heterocycles. The van der Waals surface area contributed by atoms with Gasteiger partial charge in [-0.1, -0.05) is 182 Å². The molecule has 0 N–H and O–H groups in total. The highest BCUT2D eigenvalue weighted by Crippen LogP contribution is 2.26. The molecular weight excluding hydrogens is 1260 g/mol. The molecule has 510 valence electrons. The van der Waals surface area contributed by atoms with Crippen LogP contribution >= 0.6 is 0 Å². The van der Waals surface area contributed by atoms with Crippen molar-refractivity contribution in [1.29, 1.82) is 5.26 Å². The summed E-state index contributed by atoms with van der Waals surface area (Å²) in [5.74, 6) is 0.0163. The number of nitrogens with zero attached hydrogens (tertiary/aromatic N) is 2. The van der Waals surface area contributed by atoms with Crippen molar-refractivity contribution in [3.8, 4) is 34.8 Å². The maximum absolute atomic E-state index is 12.8. The summed E-state index contributed by atoms with van der Waals surface area (Å²) in [6, 6.07) is 70.9. The maximum Gasteiger partial charge on any atom is 0.343 e. The predicted molar refractivity (Wildman–Crippen MR) is 393 cm³/mol. The number of aryl methyl sites for hydroxylation is 4. The first-order chi connectivity index (χ1) is 49.0. The number of ketones is 3. The molecule has 10 aromatic rings. The number of rotatable bonds is 26. The van der Waals surface area contributed by atoms with Crippen molar-refractivity contribution in [3.05, 3.63) is 339 Å². The van der Waals surface area contributed by atoms with Gasteiger partial charge in [0.2, 0.25) is 0 Å².